The lowest BCUT2D eigenvalue weighted by Crippen LogP contribution is -2.11. The number of hydrogen-bond acceptors (Lipinski definition) is 3. The summed E-state index contributed by atoms with van der Waals surface area (Å²) in [5.41, 5.74) is 6.77. The van der Waals surface area contributed by atoms with Crippen molar-refractivity contribution in [3.8, 4) is 17.2 Å². The van der Waals surface area contributed by atoms with Gasteiger partial charge in [-0.1, -0.05) is 58.4 Å². The van der Waals surface area contributed by atoms with Crippen LogP contribution in [0.15, 0.2) is 83.7 Å². The molecular weight excluding hydrogens is 450 g/mol. The minimum absolute atomic E-state index is 0.313. The van der Waals surface area contributed by atoms with Gasteiger partial charge in [0.15, 0.2) is 0 Å². The first-order valence-corrected chi connectivity index (χ1v) is 10.8. The number of aryl methyl sites for hydroxylation is 2. The lowest BCUT2D eigenvalue weighted by atomic mass is 9.93. The van der Waals surface area contributed by atoms with Gasteiger partial charge in [0, 0.05) is 17.1 Å². The van der Waals surface area contributed by atoms with Gasteiger partial charge in [0.2, 0.25) is 0 Å². The average molecular weight is 472 g/mol. The summed E-state index contributed by atoms with van der Waals surface area (Å²) in [6, 6.07) is 24.5. The number of halogens is 1. The quantitative estimate of drug-likeness (QED) is 0.329. The lowest BCUT2D eigenvalue weighted by molar-refractivity contribution is 0.0622. The summed E-state index contributed by atoms with van der Waals surface area (Å²) in [5.74, 6) is 0. The molecule has 0 spiro atoms. The Labute approximate surface area is 190 Å². The van der Waals surface area contributed by atoms with E-state index in [-0.39, 0.29) is 6.10 Å². The van der Waals surface area contributed by atoms with Crippen LogP contribution in [0.5, 0.6) is 0 Å². The van der Waals surface area contributed by atoms with E-state index >= 15 is 0 Å². The molecule has 4 nitrogen and oxygen atoms in total. The number of ether oxygens (including phenoxy) is 1. The van der Waals surface area contributed by atoms with Crippen molar-refractivity contribution >= 4 is 15.9 Å². The molecule has 31 heavy (non-hydrogen) atoms. The van der Waals surface area contributed by atoms with E-state index in [0.717, 1.165) is 38.0 Å². The third-order valence-electron chi connectivity index (χ3n) is 5.35. The summed E-state index contributed by atoms with van der Waals surface area (Å²) >= 11 is 3.47. The largest absolute Gasteiger partial charge is 0.363 e. The molecule has 0 saturated heterocycles. The minimum Gasteiger partial charge on any atom is -0.363 e. The predicted octanol–water partition coefficient (Wildman–Crippen LogP) is 6.34. The van der Waals surface area contributed by atoms with Gasteiger partial charge >= 0.3 is 0 Å². The molecule has 4 rings (SSSR count). The van der Waals surface area contributed by atoms with Crippen LogP contribution in [0.2, 0.25) is 0 Å². The van der Waals surface area contributed by atoms with Gasteiger partial charge in [-0.3, -0.25) is 0 Å². The van der Waals surface area contributed by atoms with Crippen molar-refractivity contribution in [2.75, 3.05) is 0 Å². The van der Waals surface area contributed by atoms with Crippen LogP contribution in [0.4, 0.5) is 0 Å². The molecule has 0 bridgehead atoms. The number of nitrogens with zero attached hydrogens (tertiary/aromatic N) is 3. The molecule has 4 aromatic rings. The molecule has 1 unspecified atom stereocenters. The fourth-order valence-electron chi connectivity index (χ4n) is 3.65. The highest BCUT2D eigenvalue weighted by Gasteiger charge is 2.20. The molecular formula is C26H22BrN3O. The highest BCUT2D eigenvalue weighted by atomic mass is 79.9. The number of imidazole rings is 1. The lowest BCUT2D eigenvalue weighted by Gasteiger charge is -2.21. The molecule has 0 aliphatic carbocycles. The van der Waals surface area contributed by atoms with Gasteiger partial charge in [0.1, 0.15) is 6.10 Å². The maximum Gasteiger partial charge on any atom is 0.124 e. The molecule has 3 aromatic carbocycles. The first-order chi connectivity index (χ1) is 15.1. The number of benzene rings is 3. The van der Waals surface area contributed by atoms with Gasteiger partial charge in [-0.05, 0) is 53.4 Å². The van der Waals surface area contributed by atoms with Gasteiger partial charge in [0.05, 0.1) is 36.5 Å². The van der Waals surface area contributed by atoms with Gasteiger partial charge in [0.25, 0.3) is 0 Å². The summed E-state index contributed by atoms with van der Waals surface area (Å²) in [4.78, 5) is 4.29. The van der Waals surface area contributed by atoms with Crippen molar-refractivity contribution in [1.82, 2.24) is 9.55 Å². The molecule has 0 saturated carbocycles. The molecule has 0 amide bonds. The highest BCUT2D eigenvalue weighted by molar-refractivity contribution is 9.10. The van der Waals surface area contributed by atoms with Gasteiger partial charge in [-0.15, -0.1) is 0 Å². The Morgan fingerprint density at radius 3 is 2.52 bits per heavy atom. The minimum atomic E-state index is -0.313. The molecule has 0 aliphatic heterocycles. The third-order valence-corrected chi connectivity index (χ3v) is 5.88. The number of rotatable bonds is 6. The van der Waals surface area contributed by atoms with Crippen molar-refractivity contribution in [3.05, 3.63) is 112 Å². The molecule has 1 heterocycles. The SMILES string of the molecule is Cc1ccccc1-c1cc(C(OCc2ccc(Br)cc2)c2cncn2C)ccc1C#N. The van der Waals surface area contributed by atoms with E-state index in [1.54, 1.807) is 6.33 Å². The van der Waals surface area contributed by atoms with Crippen LogP contribution < -0.4 is 0 Å². The predicted molar refractivity (Wildman–Crippen MR) is 125 cm³/mol. The van der Waals surface area contributed by atoms with Crippen LogP contribution in [0.1, 0.15) is 34.1 Å². The molecule has 0 aliphatic rings. The second-order valence-electron chi connectivity index (χ2n) is 7.48. The zero-order chi connectivity index (χ0) is 21.8. The Kier molecular flexibility index (Phi) is 6.31. The van der Waals surface area contributed by atoms with E-state index in [9.17, 15) is 5.26 Å². The van der Waals surface area contributed by atoms with E-state index in [4.69, 9.17) is 4.74 Å². The molecule has 0 radical (unpaired) electrons. The summed E-state index contributed by atoms with van der Waals surface area (Å²) in [6.07, 6.45) is 3.29. The zero-order valence-electron chi connectivity index (χ0n) is 17.4. The van der Waals surface area contributed by atoms with Crippen LogP contribution in [0, 0.1) is 18.3 Å². The standard InChI is InChI=1S/C26H22BrN3O/c1-18-5-3-4-6-23(18)24-13-20(9-10-21(24)14-28)26(25-15-29-17-30(25)2)31-16-19-7-11-22(27)12-8-19/h3-13,15,17,26H,16H2,1-2H3. The third kappa shape index (κ3) is 4.61. The Bertz CT molecular complexity index is 1240. The second kappa shape index (κ2) is 9.30. The van der Waals surface area contributed by atoms with Crippen molar-refractivity contribution in [1.29, 1.82) is 5.26 Å². The molecule has 1 atom stereocenters. The Morgan fingerprint density at radius 1 is 1.06 bits per heavy atom. The summed E-state index contributed by atoms with van der Waals surface area (Å²) < 4.78 is 9.42. The van der Waals surface area contributed by atoms with Crippen molar-refractivity contribution < 1.29 is 4.74 Å². The number of nitriles is 1. The van der Waals surface area contributed by atoms with Crippen LogP contribution in [0.25, 0.3) is 11.1 Å². The monoisotopic (exact) mass is 471 g/mol. The van der Waals surface area contributed by atoms with Crippen molar-refractivity contribution in [2.45, 2.75) is 19.6 Å². The molecule has 0 N–H and O–H groups in total. The highest BCUT2D eigenvalue weighted by Crippen LogP contribution is 2.33. The Balaban J connectivity index is 1.75. The molecule has 154 valence electrons. The van der Waals surface area contributed by atoms with Crippen molar-refractivity contribution in [3.63, 3.8) is 0 Å². The average Bonchev–Trinajstić information content (AvgIpc) is 3.21. The van der Waals surface area contributed by atoms with Crippen LogP contribution in [0.3, 0.4) is 0 Å². The van der Waals surface area contributed by atoms with Crippen LogP contribution in [-0.2, 0) is 18.4 Å². The first kappa shape index (κ1) is 21.0. The van der Waals surface area contributed by atoms with Gasteiger partial charge < -0.3 is 9.30 Å². The van der Waals surface area contributed by atoms with Gasteiger partial charge in [-0.2, -0.15) is 5.26 Å². The van der Waals surface area contributed by atoms with Gasteiger partial charge in [-0.25, -0.2) is 4.98 Å². The van der Waals surface area contributed by atoms with E-state index in [1.165, 1.54) is 0 Å². The summed E-state index contributed by atoms with van der Waals surface area (Å²) in [6.45, 7) is 2.52. The van der Waals surface area contributed by atoms with E-state index < -0.39 is 0 Å². The zero-order valence-corrected chi connectivity index (χ0v) is 19.0. The first-order valence-electron chi connectivity index (χ1n) is 9.99. The second-order valence-corrected chi connectivity index (χ2v) is 8.39. The Morgan fingerprint density at radius 2 is 1.84 bits per heavy atom. The maximum atomic E-state index is 9.70. The number of hydrogen-bond donors (Lipinski definition) is 0. The molecule has 5 heteroatoms. The smallest absolute Gasteiger partial charge is 0.124 e. The van der Waals surface area contributed by atoms with E-state index in [1.807, 2.05) is 66.3 Å². The molecule has 0 fully saturated rings. The van der Waals surface area contributed by atoms with Crippen molar-refractivity contribution in [2.24, 2.45) is 7.05 Å². The Hall–Kier alpha value is -3.20. The summed E-state index contributed by atoms with van der Waals surface area (Å²) in [5, 5.41) is 9.70. The maximum absolute atomic E-state index is 9.70. The fourth-order valence-corrected chi connectivity index (χ4v) is 3.92. The van der Waals surface area contributed by atoms with Crippen LogP contribution >= 0.6 is 15.9 Å². The molecule has 1 aromatic heterocycles. The normalized spacial score (nSPS) is 11.8. The van der Waals surface area contributed by atoms with E-state index in [0.29, 0.717) is 12.2 Å². The number of aromatic nitrogens is 2. The topological polar surface area (TPSA) is 50.8 Å². The van der Waals surface area contributed by atoms with E-state index in [2.05, 4.69) is 52.1 Å². The summed E-state index contributed by atoms with van der Waals surface area (Å²) in [7, 11) is 1.96. The van der Waals surface area contributed by atoms with Crippen LogP contribution in [-0.4, -0.2) is 9.55 Å². The fraction of sp³-hybridized carbons (Fsp3) is 0.154.